The van der Waals surface area contributed by atoms with Crippen molar-refractivity contribution in [1.82, 2.24) is 4.90 Å². The molecule has 0 aliphatic carbocycles. The van der Waals surface area contributed by atoms with E-state index in [0.717, 1.165) is 0 Å². The summed E-state index contributed by atoms with van der Waals surface area (Å²) in [4.78, 5) is 27.3. The maximum absolute atomic E-state index is 14.3. The lowest BCUT2D eigenvalue weighted by Crippen LogP contribution is -2.49. The summed E-state index contributed by atoms with van der Waals surface area (Å²) in [5, 5.41) is 0. The molecule has 2 aromatic carbocycles. The SMILES string of the molecule is CC(=O)c1ccc(N2CCN(C(=O)c3ccc(SC(F)(F)F)cc3)CC2)c(F)c1. The van der Waals surface area contributed by atoms with Crippen LogP contribution in [0.2, 0.25) is 0 Å². The van der Waals surface area contributed by atoms with Crippen LogP contribution < -0.4 is 4.90 Å². The van der Waals surface area contributed by atoms with Gasteiger partial charge in [-0.3, -0.25) is 9.59 Å². The van der Waals surface area contributed by atoms with Gasteiger partial charge in [-0.1, -0.05) is 0 Å². The van der Waals surface area contributed by atoms with Gasteiger partial charge in [0.2, 0.25) is 0 Å². The molecule has 1 fully saturated rings. The summed E-state index contributed by atoms with van der Waals surface area (Å²) in [6.45, 7) is 2.89. The first kappa shape index (κ1) is 21.2. The smallest absolute Gasteiger partial charge is 0.366 e. The molecular weight excluding hydrogens is 408 g/mol. The first-order valence-electron chi connectivity index (χ1n) is 8.84. The summed E-state index contributed by atoms with van der Waals surface area (Å²) in [6, 6.07) is 9.63. The topological polar surface area (TPSA) is 40.6 Å². The number of halogens is 4. The zero-order valence-corrected chi connectivity index (χ0v) is 16.3. The fraction of sp³-hybridized carbons (Fsp3) is 0.300. The second-order valence-electron chi connectivity index (χ2n) is 6.57. The third-order valence-electron chi connectivity index (χ3n) is 4.60. The van der Waals surface area contributed by atoms with Gasteiger partial charge in [-0.15, -0.1) is 0 Å². The van der Waals surface area contributed by atoms with Gasteiger partial charge < -0.3 is 9.80 Å². The van der Waals surface area contributed by atoms with Crippen molar-refractivity contribution in [3.05, 3.63) is 59.4 Å². The second-order valence-corrected chi connectivity index (χ2v) is 7.71. The molecule has 0 atom stereocenters. The molecule has 1 heterocycles. The number of benzene rings is 2. The van der Waals surface area contributed by atoms with Gasteiger partial charge in [0.25, 0.3) is 5.91 Å². The molecule has 4 nitrogen and oxygen atoms in total. The van der Waals surface area contributed by atoms with E-state index in [1.54, 1.807) is 21.9 Å². The van der Waals surface area contributed by atoms with Gasteiger partial charge in [0.05, 0.1) is 5.69 Å². The van der Waals surface area contributed by atoms with Crippen LogP contribution in [0.15, 0.2) is 47.4 Å². The van der Waals surface area contributed by atoms with E-state index in [1.165, 1.54) is 37.3 Å². The lowest BCUT2D eigenvalue weighted by atomic mass is 10.1. The molecule has 1 aliphatic heterocycles. The Balaban J connectivity index is 1.62. The number of rotatable bonds is 4. The van der Waals surface area contributed by atoms with E-state index in [1.807, 2.05) is 0 Å². The van der Waals surface area contributed by atoms with Crippen molar-refractivity contribution in [2.45, 2.75) is 17.3 Å². The lowest BCUT2D eigenvalue weighted by Gasteiger charge is -2.36. The van der Waals surface area contributed by atoms with E-state index < -0.39 is 11.3 Å². The van der Waals surface area contributed by atoms with Crippen LogP contribution in [0.3, 0.4) is 0 Å². The number of thioether (sulfide) groups is 1. The van der Waals surface area contributed by atoms with Crippen LogP contribution in [0, 0.1) is 5.82 Å². The molecule has 0 bridgehead atoms. The number of alkyl halides is 3. The minimum absolute atomic E-state index is 0.0170. The number of nitrogens with zero attached hydrogens (tertiary/aromatic N) is 2. The molecule has 0 unspecified atom stereocenters. The molecule has 0 N–H and O–H groups in total. The first-order valence-corrected chi connectivity index (χ1v) is 9.66. The number of ketones is 1. The van der Waals surface area contributed by atoms with Crippen LogP contribution in [0.1, 0.15) is 27.6 Å². The highest BCUT2D eigenvalue weighted by molar-refractivity contribution is 8.00. The Kier molecular flexibility index (Phi) is 6.16. The molecule has 0 radical (unpaired) electrons. The number of hydrogen-bond acceptors (Lipinski definition) is 4. The number of carbonyl (C=O) groups is 2. The van der Waals surface area contributed by atoms with Gasteiger partial charge in [0.15, 0.2) is 5.78 Å². The van der Waals surface area contributed by atoms with Crippen molar-refractivity contribution in [1.29, 1.82) is 0 Å². The maximum atomic E-state index is 14.3. The van der Waals surface area contributed by atoms with E-state index in [-0.39, 0.29) is 28.3 Å². The number of carbonyl (C=O) groups excluding carboxylic acids is 2. The predicted octanol–water partition coefficient (Wildman–Crippen LogP) is 4.60. The Morgan fingerprint density at radius 2 is 1.52 bits per heavy atom. The van der Waals surface area contributed by atoms with Crippen LogP contribution in [0.4, 0.5) is 23.2 Å². The minimum atomic E-state index is -4.38. The summed E-state index contributed by atoms with van der Waals surface area (Å²) < 4.78 is 51.5. The Morgan fingerprint density at radius 3 is 2.03 bits per heavy atom. The average molecular weight is 426 g/mol. The molecule has 29 heavy (non-hydrogen) atoms. The Labute approximate surface area is 169 Å². The molecule has 1 amide bonds. The Morgan fingerprint density at radius 1 is 0.931 bits per heavy atom. The summed E-state index contributed by atoms with van der Waals surface area (Å²) in [5.41, 5.74) is -3.40. The number of anilines is 1. The highest BCUT2D eigenvalue weighted by Gasteiger charge is 2.29. The number of hydrogen-bond donors (Lipinski definition) is 0. The van der Waals surface area contributed by atoms with Crippen LogP contribution >= 0.6 is 11.8 Å². The molecular formula is C20H18F4N2O2S. The van der Waals surface area contributed by atoms with Gasteiger partial charge in [-0.25, -0.2) is 4.39 Å². The highest BCUT2D eigenvalue weighted by atomic mass is 32.2. The first-order chi connectivity index (χ1) is 13.6. The molecule has 1 saturated heterocycles. The largest absolute Gasteiger partial charge is 0.446 e. The number of amides is 1. The van der Waals surface area contributed by atoms with Crippen LogP contribution in [-0.4, -0.2) is 48.3 Å². The molecule has 0 aromatic heterocycles. The summed E-state index contributed by atoms with van der Waals surface area (Å²) in [5.74, 6) is -0.985. The Hall–Kier alpha value is -2.55. The van der Waals surface area contributed by atoms with Crippen LogP contribution in [0.25, 0.3) is 0 Å². The van der Waals surface area contributed by atoms with E-state index >= 15 is 0 Å². The maximum Gasteiger partial charge on any atom is 0.446 e. The molecule has 0 saturated carbocycles. The third-order valence-corrected chi connectivity index (χ3v) is 5.34. The zero-order valence-electron chi connectivity index (χ0n) is 15.5. The monoisotopic (exact) mass is 426 g/mol. The van der Waals surface area contributed by atoms with Crippen molar-refractivity contribution in [2.75, 3.05) is 31.1 Å². The van der Waals surface area contributed by atoms with E-state index in [2.05, 4.69) is 0 Å². The van der Waals surface area contributed by atoms with Gasteiger partial charge in [-0.05, 0) is 61.2 Å². The fourth-order valence-corrected chi connectivity index (χ4v) is 3.65. The van der Waals surface area contributed by atoms with Gasteiger partial charge in [0.1, 0.15) is 5.82 Å². The van der Waals surface area contributed by atoms with Crippen LogP contribution in [0.5, 0.6) is 0 Å². The second kappa shape index (κ2) is 8.44. The van der Waals surface area contributed by atoms with E-state index in [0.29, 0.717) is 43.0 Å². The van der Waals surface area contributed by atoms with Crippen molar-refractivity contribution >= 4 is 29.1 Å². The van der Waals surface area contributed by atoms with Crippen LogP contribution in [-0.2, 0) is 0 Å². The van der Waals surface area contributed by atoms with E-state index in [4.69, 9.17) is 0 Å². The van der Waals surface area contributed by atoms with Gasteiger partial charge in [0, 0.05) is 42.2 Å². The molecule has 0 spiro atoms. The fourth-order valence-electron chi connectivity index (χ4n) is 3.11. The quantitative estimate of drug-likeness (QED) is 0.407. The normalized spacial score (nSPS) is 14.8. The highest BCUT2D eigenvalue weighted by Crippen LogP contribution is 2.36. The van der Waals surface area contributed by atoms with E-state index in [9.17, 15) is 27.2 Å². The van der Waals surface area contributed by atoms with Crippen molar-refractivity contribution in [3.63, 3.8) is 0 Å². The van der Waals surface area contributed by atoms with Crippen molar-refractivity contribution in [2.24, 2.45) is 0 Å². The number of Topliss-reactive ketones (excluding diaryl/α,β-unsaturated/α-hetero) is 1. The predicted molar refractivity (Wildman–Crippen MR) is 103 cm³/mol. The molecule has 1 aliphatic rings. The molecule has 9 heteroatoms. The average Bonchev–Trinajstić information content (AvgIpc) is 2.67. The van der Waals surface area contributed by atoms with Gasteiger partial charge >= 0.3 is 5.51 Å². The lowest BCUT2D eigenvalue weighted by molar-refractivity contribution is -0.0328. The molecule has 2 aromatic rings. The summed E-state index contributed by atoms with van der Waals surface area (Å²) in [6.07, 6.45) is 0. The summed E-state index contributed by atoms with van der Waals surface area (Å²) >= 11 is -0.229. The van der Waals surface area contributed by atoms with Crippen molar-refractivity contribution in [3.8, 4) is 0 Å². The number of piperazine rings is 1. The third kappa shape index (κ3) is 5.29. The summed E-state index contributed by atoms with van der Waals surface area (Å²) in [7, 11) is 0. The molecule has 3 rings (SSSR count). The van der Waals surface area contributed by atoms with Crippen molar-refractivity contribution < 1.29 is 27.2 Å². The van der Waals surface area contributed by atoms with Gasteiger partial charge in [-0.2, -0.15) is 13.2 Å². The molecule has 154 valence electrons. The standard InChI is InChI=1S/C20H18F4N2O2S/c1-13(27)15-4-7-18(17(21)12-15)25-8-10-26(11-9-25)19(28)14-2-5-16(6-3-14)29-20(22,23)24/h2-7,12H,8-11H2,1H3. The zero-order chi connectivity index (χ0) is 21.2. The minimum Gasteiger partial charge on any atom is -0.366 e. The Bertz CT molecular complexity index is 908.